The van der Waals surface area contributed by atoms with Crippen LogP contribution in [0.25, 0.3) is 6.08 Å². The average Bonchev–Trinajstić information content (AvgIpc) is 2.41. The van der Waals surface area contributed by atoms with Gasteiger partial charge in [0.1, 0.15) is 18.5 Å². The lowest BCUT2D eigenvalue weighted by molar-refractivity contribution is 0.0698. The van der Waals surface area contributed by atoms with Crippen LogP contribution >= 0.6 is 0 Å². The highest BCUT2D eigenvalue weighted by Crippen LogP contribution is 2.19. The van der Waals surface area contributed by atoms with Gasteiger partial charge < -0.3 is 15.2 Å². The molecule has 1 aromatic rings. The molecule has 0 radical (unpaired) electrons. The molecule has 4 heteroatoms. The van der Waals surface area contributed by atoms with E-state index >= 15 is 0 Å². The van der Waals surface area contributed by atoms with Crippen LogP contribution in [0.1, 0.15) is 33.3 Å². The number of benzene rings is 1. The van der Waals surface area contributed by atoms with Gasteiger partial charge in [0.05, 0.1) is 6.07 Å². The zero-order valence-electron chi connectivity index (χ0n) is 13.1. The molecule has 0 saturated heterocycles. The second kappa shape index (κ2) is 7.82. The topological polar surface area (TPSA) is 65.3 Å². The minimum absolute atomic E-state index is 0.0617. The van der Waals surface area contributed by atoms with Gasteiger partial charge in [-0.1, -0.05) is 18.2 Å². The number of nitriles is 1. The first kappa shape index (κ1) is 17.2. The summed E-state index contributed by atoms with van der Waals surface area (Å²) in [6, 6.07) is 9.31. The fourth-order valence-electron chi connectivity index (χ4n) is 1.98. The summed E-state index contributed by atoms with van der Waals surface area (Å²) >= 11 is 0. The van der Waals surface area contributed by atoms with Gasteiger partial charge in [0.15, 0.2) is 0 Å². The first-order valence-electron chi connectivity index (χ1n) is 7.07. The molecule has 2 N–H and O–H groups in total. The summed E-state index contributed by atoms with van der Waals surface area (Å²) < 4.78 is 5.68. The van der Waals surface area contributed by atoms with Gasteiger partial charge in [-0.25, -0.2) is 0 Å². The Balaban J connectivity index is 2.63. The van der Waals surface area contributed by atoms with Crippen LogP contribution in [0.4, 0.5) is 0 Å². The van der Waals surface area contributed by atoms with Gasteiger partial charge in [-0.2, -0.15) is 5.26 Å². The normalized spacial score (nSPS) is 14.7. The van der Waals surface area contributed by atoms with Crippen molar-refractivity contribution in [3.05, 3.63) is 35.9 Å². The Morgan fingerprint density at radius 3 is 2.67 bits per heavy atom. The van der Waals surface area contributed by atoms with Gasteiger partial charge in [-0.15, -0.1) is 0 Å². The number of ether oxygens (including phenoxy) is 1. The summed E-state index contributed by atoms with van der Waals surface area (Å²) in [6.45, 7) is 8.29. The number of hydrogen-bond acceptors (Lipinski definition) is 4. The number of hydrogen-bond donors (Lipinski definition) is 2. The van der Waals surface area contributed by atoms with Crippen molar-refractivity contribution in [3.8, 4) is 11.8 Å². The van der Waals surface area contributed by atoms with E-state index in [4.69, 9.17) is 10.00 Å². The molecule has 1 rings (SSSR count). The number of aliphatic hydroxyl groups is 1. The van der Waals surface area contributed by atoms with Gasteiger partial charge in [-0.3, -0.25) is 0 Å². The number of rotatable bonds is 6. The predicted molar refractivity (Wildman–Crippen MR) is 84.9 cm³/mol. The summed E-state index contributed by atoms with van der Waals surface area (Å²) in [7, 11) is 0. The first-order chi connectivity index (χ1) is 9.83. The van der Waals surface area contributed by atoms with E-state index in [9.17, 15) is 5.11 Å². The van der Waals surface area contributed by atoms with Crippen LogP contribution in [0.3, 0.4) is 0 Å². The number of aliphatic hydroxyl groups excluding tert-OH is 1. The maximum Gasteiger partial charge on any atom is 0.126 e. The van der Waals surface area contributed by atoms with Crippen LogP contribution < -0.4 is 10.1 Å². The van der Waals surface area contributed by atoms with Crippen molar-refractivity contribution in [2.75, 3.05) is 6.61 Å². The third kappa shape index (κ3) is 6.44. The first-order valence-corrected chi connectivity index (χ1v) is 7.07. The number of nitrogens with zero attached hydrogens (tertiary/aromatic N) is 1. The van der Waals surface area contributed by atoms with Gasteiger partial charge in [0.25, 0.3) is 0 Å². The standard InChI is InChI=1S/C17H24N2O2/c1-13(19-17(2,3)4)15(20)12-21-16-10-6-5-8-14(16)9-7-11-18/h5-10,13,15,19-20H,12H2,1-4H3/b9-7+. The molecule has 0 saturated carbocycles. The van der Waals surface area contributed by atoms with E-state index in [1.807, 2.05) is 37.3 Å². The highest BCUT2D eigenvalue weighted by molar-refractivity contribution is 5.58. The summed E-state index contributed by atoms with van der Waals surface area (Å²) in [6.07, 6.45) is 2.48. The zero-order valence-corrected chi connectivity index (χ0v) is 13.1. The molecule has 0 aliphatic carbocycles. The SMILES string of the molecule is CC(NC(C)(C)C)C(O)COc1ccccc1/C=C/C#N. The van der Waals surface area contributed by atoms with Crippen LogP contribution in [0.5, 0.6) is 5.75 Å². The zero-order chi connectivity index (χ0) is 15.9. The van der Waals surface area contributed by atoms with Crippen LogP contribution in [-0.4, -0.2) is 29.4 Å². The van der Waals surface area contributed by atoms with E-state index in [0.717, 1.165) is 5.56 Å². The van der Waals surface area contributed by atoms with E-state index in [2.05, 4.69) is 26.1 Å². The Kier molecular flexibility index (Phi) is 6.41. The molecule has 4 nitrogen and oxygen atoms in total. The summed E-state index contributed by atoms with van der Waals surface area (Å²) in [5.41, 5.74) is 0.760. The molecule has 0 aliphatic heterocycles. The monoisotopic (exact) mass is 288 g/mol. The van der Waals surface area contributed by atoms with E-state index < -0.39 is 6.10 Å². The smallest absolute Gasteiger partial charge is 0.126 e. The van der Waals surface area contributed by atoms with Gasteiger partial charge in [-0.05, 0) is 39.8 Å². The minimum atomic E-state index is -0.614. The largest absolute Gasteiger partial charge is 0.490 e. The van der Waals surface area contributed by atoms with E-state index in [-0.39, 0.29) is 18.2 Å². The van der Waals surface area contributed by atoms with Crippen molar-refractivity contribution in [2.24, 2.45) is 0 Å². The van der Waals surface area contributed by atoms with Gasteiger partial charge >= 0.3 is 0 Å². The quantitative estimate of drug-likeness (QED) is 0.790. The summed E-state index contributed by atoms with van der Waals surface area (Å²) in [5, 5.41) is 22.1. The van der Waals surface area contributed by atoms with E-state index in [1.165, 1.54) is 6.08 Å². The Morgan fingerprint density at radius 1 is 1.38 bits per heavy atom. The Hall–Kier alpha value is -1.83. The predicted octanol–water partition coefficient (Wildman–Crippen LogP) is 2.74. The molecule has 0 heterocycles. The molecule has 0 aliphatic rings. The summed E-state index contributed by atoms with van der Waals surface area (Å²) in [5.74, 6) is 0.658. The van der Waals surface area contributed by atoms with Crippen LogP contribution in [-0.2, 0) is 0 Å². The molecule has 0 bridgehead atoms. The fraction of sp³-hybridized carbons (Fsp3) is 0.471. The number of para-hydroxylation sites is 1. The molecule has 0 amide bonds. The van der Waals surface area contributed by atoms with Crippen LogP contribution in [0.15, 0.2) is 30.3 Å². The molecule has 2 atom stereocenters. The molecule has 2 unspecified atom stereocenters. The number of nitrogens with one attached hydrogen (secondary N) is 1. The van der Waals surface area contributed by atoms with Crippen LogP contribution in [0.2, 0.25) is 0 Å². The second-order valence-corrected chi connectivity index (χ2v) is 6.06. The van der Waals surface area contributed by atoms with Crippen molar-refractivity contribution >= 4 is 6.08 Å². The van der Waals surface area contributed by atoms with E-state index in [0.29, 0.717) is 5.75 Å². The van der Waals surface area contributed by atoms with Gasteiger partial charge in [0.2, 0.25) is 0 Å². The highest BCUT2D eigenvalue weighted by atomic mass is 16.5. The fourth-order valence-corrected chi connectivity index (χ4v) is 1.98. The molecular weight excluding hydrogens is 264 g/mol. The lowest BCUT2D eigenvalue weighted by Crippen LogP contribution is -2.49. The van der Waals surface area contributed by atoms with E-state index in [1.54, 1.807) is 6.08 Å². The molecule has 0 aromatic heterocycles. The van der Waals surface area contributed by atoms with Gasteiger partial charge in [0, 0.05) is 23.2 Å². The lowest BCUT2D eigenvalue weighted by Gasteiger charge is -2.29. The van der Waals surface area contributed by atoms with Crippen molar-refractivity contribution in [3.63, 3.8) is 0 Å². The highest BCUT2D eigenvalue weighted by Gasteiger charge is 2.20. The molecule has 1 aromatic carbocycles. The minimum Gasteiger partial charge on any atom is -0.490 e. The van der Waals surface area contributed by atoms with Crippen molar-refractivity contribution in [1.82, 2.24) is 5.32 Å². The Labute approximate surface area is 127 Å². The molecular formula is C17H24N2O2. The maximum atomic E-state index is 10.2. The number of allylic oxidation sites excluding steroid dienone is 1. The second-order valence-electron chi connectivity index (χ2n) is 6.06. The van der Waals surface area contributed by atoms with Crippen LogP contribution in [0, 0.1) is 11.3 Å². The molecule has 21 heavy (non-hydrogen) atoms. The average molecular weight is 288 g/mol. The molecule has 0 fully saturated rings. The third-order valence-electron chi connectivity index (χ3n) is 2.90. The molecule has 114 valence electrons. The third-order valence-corrected chi connectivity index (χ3v) is 2.90. The Bertz CT molecular complexity index is 512. The molecule has 0 spiro atoms. The lowest BCUT2D eigenvalue weighted by atomic mass is 10.1. The van der Waals surface area contributed by atoms with Crippen molar-refractivity contribution in [1.29, 1.82) is 5.26 Å². The van der Waals surface area contributed by atoms with Crippen molar-refractivity contribution < 1.29 is 9.84 Å². The van der Waals surface area contributed by atoms with Crippen molar-refractivity contribution in [2.45, 2.75) is 45.4 Å². The Morgan fingerprint density at radius 2 is 2.05 bits per heavy atom. The summed E-state index contributed by atoms with van der Waals surface area (Å²) in [4.78, 5) is 0. The maximum absolute atomic E-state index is 10.2.